The van der Waals surface area contributed by atoms with E-state index in [1.807, 2.05) is 0 Å². The Morgan fingerprint density at radius 2 is 1.91 bits per heavy atom. The Morgan fingerprint density at radius 1 is 1.15 bits per heavy atom. The van der Waals surface area contributed by atoms with Crippen LogP contribution in [0.5, 0.6) is 0 Å². The summed E-state index contributed by atoms with van der Waals surface area (Å²) in [6, 6.07) is 2.76. The van der Waals surface area contributed by atoms with Gasteiger partial charge < -0.3 is 15.2 Å². The van der Waals surface area contributed by atoms with Crippen LogP contribution in [0, 0.1) is 0 Å². The van der Waals surface area contributed by atoms with Gasteiger partial charge >= 0.3 is 12.4 Å². The molecular formula is C20H19F6N5O2. The number of ether oxygens (including phenoxy) is 1. The van der Waals surface area contributed by atoms with E-state index in [9.17, 15) is 31.4 Å². The molecule has 1 aliphatic rings. The average Bonchev–Trinajstić information content (AvgIpc) is 3.14. The van der Waals surface area contributed by atoms with Gasteiger partial charge in [0.1, 0.15) is 0 Å². The number of hydrogen-bond donors (Lipinski definition) is 2. The fraction of sp³-hybridized carbons (Fsp3) is 0.450. The first-order valence-electron chi connectivity index (χ1n) is 9.96. The number of alkyl halides is 6. The molecule has 4 rings (SSSR count). The summed E-state index contributed by atoms with van der Waals surface area (Å²) < 4.78 is 85.8. The van der Waals surface area contributed by atoms with E-state index in [1.54, 1.807) is 0 Å². The summed E-state index contributed by atoms with van der Waals surface area (Å²) in [5.74, 6) is -1.81. The van der Waals surface area contributed by atoms with E-state index >= 15 is 0 Å². The largest absolute Gasteiger partial charge is 0.418 e. The van der Waals surface area contributed by atoms with E-state index in [4.69, 9.17) is 4.74 Å². The zero-order valence-corrected chi connectivity index (χ0v) is 17.2. The minimum atomic E-state index is -4.72. The summed E-state index contributed by atoms with van der Waals surface area (Å²) in [7, 11) is 0. The molecule has 0 bridgehead atoms. The summed E-state index contributed by atoms with van der Waals surface area (Å²) in [5.41, 5.74) is -1.53. The highest BCUT2D eigenvalue weighted by molar-refractivity contribution is 5.69. The number of nitrogens with zero attached hydrogens (tertiary/aromatic N) is 4. The van der Waals surface area contributed by atoms with E-state index in [0.717, 1.165) is 29.9 Å². The molecule has 33 heavy (non-hydrogen) atoms. The fourth-order valence-corrected chi connectivity index (χ4v) is 3.53. The van der Waals surface area contributed by atoms with Crippen molar-refractivity contribution in [3.05, 3.63) is 41.7 Å². The summed E-state index contributed by atoms with van der Waals surface area (Å²) in [6.45, 7) is 1.46. The maximum atomic E-state index is 13.6. The van der Waals surface area contributed by atoms with Gasteiger partial charge in [-0.25, -0.2) is 9.50 Å². The van der Waals surface area contributed by atoms with E-state index in [2.05, 4.69) is 20.4 Å². The molecule has 0 unspecified atom stereocenters. The number of anilines is 1. The first-order valence-corrected chi connectivity index (χ1v) is 9.96. The lowest BCUT2D eigenvalue weighted by atomic mass is 10.0. The average molecular weight is 475 g/mol. The molecule has 4 heterocycles. The molecule has 1 aliphatic heterocycles. The van der Waals surface area contributed by atoms with Gasteiger partial charge in [-0.1, -0.05) is 6.07 Å². The van der Waals surface area contributed by atoms with E-state index < -0.39 is 36.0 Å². The number of hydrogen-bond acceptors (Lipinski definition) is 6. The van der Waals surface area contributed by atoms with Crippen LogP contribution in [0.4, 0.5) is 32.3 Å². The topological polar surface area (TPSA) is 84.6 Å². The van der Waals surface area contributed by atoms with E-state index in [1.165, 1.54) is 12.1 Å². The molecule has 0 saturated carbocycles. The second kappa shape index (κ2) is 8.45. The SMILES string of the molecule is C[C@@H](c1ccc(-c2cc(C(F)(F)F)c3cnc(N[C@@H]4CCOC[C@H]4O)nn23)nc1)C(F)(F)F. The van der Waals surface area contributed by atoms with Crippen LogP contribution in [0.15, 0.2) is 30.6 Å². The summed E-state index contributed by atoms with van der Waals surface area (Å²) in [4.78, 5) is 7.90. The van der Waals surface area contributed by atoms with Crippen molar-refractivity contribution in [2.75, 3.05) is 18.5 Å². The van der Waals surface area contributed by atoms with Crippen LogP contribution in [-0.2, 0) is 10.9 Å². The van der Waals surface area contributed by atoms with Crippen molar-refractivity contribution in [1.29, 1.82) is 0 Å². The highest BCUT2D eigenvalue weighted by Gasteiger charge is 2.38. The van der Waals surface area contributed by atoms with Crippen molar-refractivity contribution in [3.63, 3.8) is 0 Å². The molecule has 3 atom stereocenters. The number of halogens is 6. The molecule has 1 saturated heterocycles. The number of aliphatic hydroxyl groups excluding tert-OH is 1. The minimum Gasteiger partial charge on any atom is -0.389 e. The zero-order chi connectivity index (χ0) is 24.0. The van der Waals surface area contributed by atoms with Gasteiger partial charge in [-0.2, -0.15) is 26.3 Å². The van der Waals surface area contributed by atoms with Gasteiger partial charge in [0.15, 0.2) is 0 Å². The number of pyridine rings is 1. The molecule has 0 amide bonds. The molecule has 0 spiro atoms. The van der Waals surface area contributed by atoms with Crippen molar-refractivity contribution >= 4 is 11.5 Å². The molecular weight excluding hydrogens is 456 g/mol. The van der Waals surface area contributed by atoms with Gasteiger partial charge in [0.25, 0.3) is 0 Å². The van der Waals surface area contributed by atoms with Gasteiger partial charge in [-0.05, 0) is 31.0 Å². The van der Waals surface area contributed by atoms with Gasteiger partial charge in [0.2, 0.25) is 5.95 Å². The maximum absolute atomic E-state index is 13.6. The molecule has 0 aromatic carbocycles. The monoisotopic (exact) mass is 475 g/mol. The number of aliphatic hydroxyl groups is 1. The molecule has 2 N–H and O–H groups in total. The Hall–Kier alpha value is -2.93. The van der Waals surface area contributed by atoms with E-state index in [-0.39, 0.29) is 35.0 Å². The summed E-state index contributed by atoms with van der Waals surface area (Å²) in [5, 5.41) is 17.1. The first-order chi connectivity index (χ1) is 15.4. The van der Waals surface area contributed by atoms with Crippen LogP contribution in [0.2, 0.25) is 0 Å². The second-order valence-corrected chi connectivity index (χ2v) is 7.74. The molecule has 3 aromatic rings. The molecule has 7 nitrogen and oxygen atoms in total. The predicted octanol–water partition coefficient (Wildman–Crippen LogP) is 4.04. The Bertz CT molecular complexity index is 1130. The van der Waals surface area contributed by atoms with Crippen molar-refractivity contribution < 1.29 is 36.2 Å². The van der Waals surface area contributed by atoms with Crippen molar-refractivity contribution in [1.82, 2.24) is 19.6 Å². The second-order valence-electron chi connectivity index (χ2n) is 7.74. The third-order valence-corrected chi connectivity index (χ3v) is 5.50. The standard InChI is InChI=1S/C20H19F6N5O2/c1-10(19(21,22)23)11-2-3-13(27-7-11)15-6-12(20(24,25)26)16-8-28-18(30-31(15)16)29-14-4-5-33-9-17(14)32/h2-3,6-8,10,14,17,32H,4-5,9H2,1H3,(H,29,30)/t10-,14+,17+/m0/s1. The van der Waals surface area contributed by atoms with Gasteiger partial charge in [0.05, 0.1) is 53.3 Å². The molecule has 1 fully saturated rings. The van der Waals surface area contributed by atoms with Crippen molar-refractivity contribution in [2.45, 2.75) is 43.8 Å². The molecule has 0 aliphatic carbocycles. The normalized spacial score (nSPS) is 20.7. The lowest BCUT2D eigenvalue weighted by Gasteiger charge is -2.28. The maximum Gasteiger partial charge on any atom is 0.418 e. The lowest BCUT2D eigenvalue weighted by molar-refractivity contribution is -0.146. The van der Waals surface area contributed by atoms with E-state index in [0.29, 0.717) is 13.0 Å². The first kappa shape index (κ1) is 23.2. The third kappa shape index (κ3) is 4.74. The Morgan fingerprint density at radius 3 is 2.52 bits per heavy atom. The predicted molar refractivity (Wildman–Crippen MR) is 105 cm³/mol. The molecule has 13 heteroatoms. The number of aromatic nitrogens is 4. The fourth-order valence-electron chi connectivity index (χ4n) is 3.53. The number of rotatable bonds is 4. The minimum absolute atomic E-state index is 0.00868. The smallest absolute Gasteiger partial charge is 0.389 e. The number of fused-ring (bicyclic) bond motifs is 1. The van der Waals surface area contributed by atoms with Crippen LogP contribution >= 0.6 is 0 Å². The zero-order valence-electron chi connectivity index (χ0n) is 17.2. The number of nitrogens with one attached hydrogen (secondary N) is 1. The van der Waals surface area contributed by atoms with Crippen molar-refractivity contribution in [3.8, 4) is 11.4 Å². The molecule has 3 aromatic heterocycles. The highest BCUT2D eigenvalue weighted by atomic mass is 19.4. The molecule has 178 valence electrons. The Balaban J connectivity index is 1.75. The third-order valence-electron chi connectivity index (χ3n) is 5.50. The van der Waals surface area contributed by atoms with Crippen LogP contribution in [0.25, 0.3) is 16.9 Å². The van der Waals surface area contributed by atoms with Crippen LogP contribution < -0.4 is 5.32 Å². The van der Waals surface area contributed by atoms with Crippen LogP contribution in [-0.4, -0.2) is 56.2 Å². The summed E-state index contributed by atoms with van der Waals surface area (Å²) in [6.07, 6.45) is -7.63. The highest BCUT2D eigenvalue weighted by Crippen LogP contribution is 2.38. The van der Waals surface area contributed by atoms with Crippen LogP contribution in [0.3, 0.4) is 0 Å². The lowest BCUT2D eigenvalue weighted by Crippen LogP contribution is -2.42. The Labute approximate surface area is 183 Å². The quantitative estimate of drug-likeness (QED) is 0.555. The van der Waals surface area contributed by atoms with Gasteiger partial charge in [0, 0.05) is 12.8 Å². The van der Waals surface area contributed by atoms with Crippen molar-refractivity contribution in [2.24, 2.45) is 0 Å². The van der Waals surface area contributed by atoms with Gasteiger partial charge in [-0.3, -0.25) is 4.98 Å². The van der Waals surface area contributed by atoms with Crippen LogP contribution in [0.1, 0.15) is 30.4 Å². The molecule has 0 radical (unpaired) electrons. The Kier molecular flexibility index (Phi) is 5.95. The summed E-state index contributed by atoms with van der Waals surface area (Å²) >= 11 is 0. The van der Waals surface area contributed by atoms with Gasteiger partial charge in [-0.15, -0.1) is 5.10 Å².